The van der Waals surface area contributed by atoms with Crippen LogP contribution in [0.4, 0.5) is 13.2 Å². The van der Waals surface area contributed by atoms with Gasteiger partial charge < -0.3 is 5.73 Å². The van der Waals surface area contributed by atoms with E-state index in [2.05, 4.69) is 13.8 Å². The van der Waals surface area contributed by atoms with Crippen LogP contribution in [0.1, 0.15) is 36.5 Å². The molecular formula is C14H18F3N. The first-order valence-electron chi connectivity index (χ1n) is 6.07. The van der Waals surface area contributed by atoms with Crippen molar-refractivity contribution in [2.45, 2.75) is 32.9 Å². The van der Waals surface area contributed by atoms with Crippen LogP contribution >= 0.6 is 0 Å². The molecule has 0 spiro atoms. The zero-order valence-corrected chi connectivity index (χ0v) is 10.8. The van der Waals surface area contributed by atoms with Gasteiger partial charge in [-0.3, -0.25) is 0 Å². The van der Waals surface area contributed by atoms with Crippen LogP contribution in [0.3, 0.4) is 0 Å². The Bertz CT molecular complexity index is 463. The molecule has 1 aromatic rings. The summed E-state index contributed by atoms with van der Waals surface area (Å²) in [5.41, 5.74) is 6.94. The van der Waals surface area contributed by atoms with Gasteiger partial charge in [-0.25, -0.2) is 0 Å². The number of aryl methyl sites for hydroxylation is 1. The van der Waals surface area contributed by atoms with E-state index in [1.807, 2.05) is 0 Å². The average Bonchev–Trinajstić information content (AvgIpc) is 2.78. The van der Waals surface area contributed by atoms with Crippen molar-refractivity contribution < 1.29 is 13.2 Å². The first kappa shape index (κ1) is 13.4. The topological polar surface area (TPSA) is 26.0 Å². The van der Waals surface area contributed by atoms with E-state index in [1.54, 1.807) is 13.0 Å². The second-order valence-electron chi connectivity index (χ2n) is 5.71. The molecule has 0 amide bonds. The molecule has 0 heterocycles. The molecule has 100 valence electrons. The molecule has 1 fully saturated rings. The predicted molar refractivity (Wildman–Crippen MR) is 65.2 cm³/mol. The molecule has 0 radical (unpaired) electrons. The molecule has 1 aliphatic carbocycles. The molecule has 0 aromatic heterocycles. The minimum atomic E-state index is -4.27. The summed E-state index contributed by atoms with van der Waals surface area (Å²) in [5, 5.41) is 0. The Kier molecular flexibility index (Phi) is 2.97. The Morgan fingerprint density at radius 3 is 2.28 bits per heavy atom. The second-order valence-corrected chi connectivity index (χ2v) is 5.71. The fourth-order valence-electron chi connectivity index (χ4n) is 3.00. The Balaban J connectivity index is 2.33. The van der Waals surface area contributed by atoms with Crippen molar-refractivity contribution in [2.75, 3.05) is 6.54 Å². The van der Waals surface area contributed by atoms with Crippen molar-refractivity contribution in [3.63, 3.8) is 0 Å². The van der Waals surface area contributed by atoms with Crippen LogP contribution in [0, 0.1) is 18.3 Å². The molecule has 4 heteroatoms. The number of alkyl halides is 3. The standard InChI is InChI=1S/C14H18F3N/c1-8-6-9(14(15,16)17)4-5-10(8)12-11(7-18)13(12,2)3/h4-6,11-12H,7,18H2,1-3H3/t11-,12-/m0/s1. The minimum Gasteiger partial charge on any atom is -0.330 e. The Morgan fingerprint density at radius 2 is 1.89 bits per heavy atom. The highest BCUT2D eigenvalue weighted by Crippen LogP contribution is 2.64. The summed E-state index contributed by atoms with van der Waals surface area (Å²) in [4.78, 5) is 0. The molecule has 2 atom stereocenters. The van der Waals surface area contributed by atoms with Crippen LogP contribution in [-0.2, 0) is 6.18 Å². The van der Waals surface area contributed by atoms with E-state index in [0.717, 1.165) is 5.56 Å². The second kappa shape index (κ2) is 3.98. The summed E-state index contributed by atoms with van der Waals surface area (Å²) in [5.74, 6) is 0.651. The van der Waals surface area contributed by atoms with Crippen molar-refractivity contribution >= 4 is 0 Å². The molecule has 18 heavy (non-hydrogen) atoms. The zero-order chi connectivity index (χ0) is 13.7. The lowest BCUT2D eigenvalue weighted by molar-refractivity contribution is -0.137. The lowest BCUT2D eigenvalue weighted by atomic mass is 9.97. The van der Waals surface area contributed by atoms with Gasteiger partial charge >= 0.3 is 6.18 Å². The van der Waals surface area contributed by atoms with Crippen LogP contribution < -0.4 is 5.73 Å². The normalized spacial score (nSPS) is 26.2. The first-order valence-corrected chi connectivity index (χ1v) is 6.07. The van der Waals surface area contributed by atoms with Gasteiger partial charge in [0, 0.05) is 0 Å². The summed E-state index contributed by atoms with van der Waals surface area (Å²) in [6, 6.07) is 4.02. The average molecular weight is 257 g/mol. The molecule has 2 rings (SSSR count). The lowest BCUT2D eigenvalue weighted by Gasteiger charge is -2.12. The highest BCUT2D eigenvalue weighted by Gasteiger charge is 2.57. The molecule has 1 saturated carbocycles. The molecule has 0 unspecified atom stereocenters. The number of halogens is 3. The van der Waals surface area contributed by atoms with Gasteiger partial charge in [0.2, 0.25) is 0 Å². The van der Waals surface area contributed by atoms with Crippen molar-refractivity contribution in [3.8, 4) is 0 Å². The lowest BCUT2D eigenvalue weighted by Crippen LogP contribution is -2.06. The van der Waals surface area contributed by atoms with Crippen molar-refractivity contribution in [1.29, 1.82) is 0 Å². The summed E-state index contributed by atoms with van der Waals surface area (Å²) in [6.45, 7) is 6.56. The van der Waals surface area contributed by atoms with Crippen LogP contribution in [-0.4, -0.2) is 6.54 Å². The Labute approximate surface area is 105 Å². The Hall–Kier alpha value is -1.03. The van der Waals surface area contributed by atoms with Gasteiger partial charge in [-0.05, 0) is 54.0 Å². The van der Waals surface area contributed by atoms with E-state index in [0.29, 0.717) is 18.0 Å². The van der Waals surface area contributed by atoms with Gasteiger partial charge in [-0.2, -0.15) is 13.2 Å². The highest BCUT2D eigenvalue weighted by molar-refractivity contribution is 5.40. The van der Waals surface area contributed by atoms with Crippen molar-refractivity contribution in [2.24, 2.45) is 17.1 Å². The van der Waals surface area contributed by atoms with Gasteiger partial charge in [0.05, 0.1) is 5.56 Å². The van der Waals surface area contributed by atoms with Crippen molar-refractivity contribution in [1.82, 2.24) is 0 Å². The monoisotopic (exact) mass is 257 g/mol. The highest BCUT2D eigenvalue weighted by atomic mass is 19.4. The first-order chi connectivity index (χ1) is 8.19. The van der Waals surface area contributed by atoms with Gasteiger partial charge in [0.15, 0.2) is 0 Å². The molecule has 1 nitrogen and oxygen atoms in total. The smallest absolute Gasteiger partial charge is 0.330 e. The summed E-state index contributed by atoms with van der Waals surface area (Å²) in [7, 11) is 0. The molecular weight excluding hydrogens is 239 g/mol. The molecule has 0 saturated heterocycles. The van der Waals surface area contributed by atoms with Gasteiger partial charge in [0.1, 0.15) is 0 Å². The van der Waals surface area contributed by atoms with Gasteiger partial charge in [-0.15, -0.1) is 0 Å². The fraction of sp³-hybridized carbons (Fsp3) is 0.571. The van der Waals surface area contributed by atoms with E-state index < -0.39 is 11.7 Å². The zero-order valence-electron chi connectivity index (χ0n) is 10.8. The summed E-state index contributed by atoms with van der Waals surface area (Å²) < 4.78 is 37.8. The molecule has 1 aromatic carbocycles. The third kappa shape index (κ3) is 2.03. The number of rotatable bonds is 2. The number of hydrogen-bond acceptors (Lipinski definition) is 1. The Morgan fingerprint density at radius 1 is 1.28 bits per heavy atom. The maximum atomic E-state index is 12.6. The summed E-state index contributed by atoms with van der Waals surface area (Å²) in [6.07, 6.45) is -4.27. The predicted octanol–water partition coefficient (Wildman–Crippen LogP) is 3.71. The van der Waals surface area contributed by atoms with Crippen LogP contribution in [0.15, 0.2) is 18.2 Å². The van der Waals surface area contributed by atoms with Crippen LogP contribution in [0.5, 0.6) is 0 Å². The maximum Gasteiger partial charge on any atom is 0.416 e. The third-order valence-corrected chi connectivity index (χ3v) is 4.24. The SMILES string of the molecule is Cc1cc(C(F)(F)F)ccc1[C@H]1[C@H](CN)C1(C)C. The van der Waals surface area contributed by atoms with Crippen molar-refractivity contribution in [3.05, 3.63) is 34.9 Å². The molecule has 1 aliphatic rings. The van der Waals surface area contributed by atoms with E-state index >= 15 is 0 Å². The number of benzene rings is 1. The molecule has 0 bridgehead atoms. The molecule has 0 aliphatic heterocycles. The van der Waals surface area contributed by atoms with Crippen LogP contribution in [0.25, 0.3) is 0 Å². The van der Waals surface area contributed by atoms with E-state index in [9.17, 15) is 13.2 Å². The third-order valence-electron chi connectivity index (χ3n) is 4.24. The number of hydrogen-bond donors (Lipinski definition) is 1. The van der Waals surface area contributed by atoms with E-state index in [4.69, 9.17) is 5.73 Å². The fourth-order valence-corrected chi connectivity index (χ4v) is 3.00. The summed E-state index contributed by atoms with van der Waals surface area (Å²) >= 11 is 0. The number of nitrogens with two attached hydrogens (primary N) is 1. The van der Waals surface area contributed by atoms with E-state index in [-0.39, 0.29) is 11.3 Å². The van der Waals surface area contributed by atoms with Gasteiger partial charge in [0.25, 0.3) is 0 Å². The molecule has 2 N–H and O–H groups in total. The quantitative estimate of drug-likeness (QED) is 0.858. The minimum absolute atomic E-state index is 0.0965. The largest absolute Gasteiger partial charge is 0.416 e. The van der Waals surface area contributed by atoms with Gasteiger partial charge in [-0.1, -0.05) is 19.9 Å². The van der Waals surface area contributed by atoms with Crippen LogP contribution in [0.2, 0.25) is 0 Å². The maximum absolute atomic E-state index is 12.6. The van der Waals surface area contributed by atoms with E-state index in [1.165, 1.54) is 12.1 Å².